The first-order chi connectivity index (χ1) is 45.2. The van der Waals surface area contributed by atoms with Gasteiger partial charge in [-0.05, 0) is 119 Å². The standard InChI is InChI=1S/C63H98N18O13S/c1-37(2)33-45(57(89)74-41(53(68)85)27-32-95-3)73-52(84)36-72-54(86)46(34-38-15-6-4-7-16-38)78-58(90)47(35-39-17-8-5-9-18-39)79-56(88)42(23-25-50(66)82)75-55(87)43(24-26-51(67)83)76-59(91)49-22-14-31-81(49)62(94)44(20-10-11-28-64)77-60(92)48-21-13-30-80(48)61(93)40(65)19-12-29-71-63(69)70/h4-9,15-18,37,40-49H,10-14,19-36,64-65H2,1-3H3,(H2,66,82)(H2,67,83)(H2,68,85)(H,72,86)(H,73,84)(H,74,89)(H,75,87)(H,76,91)(H,77,92)(H,78,90)(H,79,88)(H4,69,70,71)/t40-,41-,42+,43+,44+,45+,46+,47-,48-,49-/m0/s1. The van der Waals surface area contributed by atoms with Gasteiger partial charge in [-0.3, -0.25) is 67.3 Å². The molecule has 0 bridgehead atoms. The van der Waals surface area contributed by atoms with Crippen molar-refractivity contribution in [1.82, 2.24) is 52.3 Å². The summed E-state index contributed by atoms with van der Waals surface area (Å²) in [7, 11) is 0. The fraction of sp³-hybridized carbons (Fsp3) is 0.587. The predicted molar refractivity (Wildman–Crippen MR) is 356 cm³/mol. The number of aliphatic imine (C=N–C) groups is 1. The number of primary amides is 3. The topological polar surface area (TPSA) is 519 Å². The summed E-state index contributed by atoms with van der Waals surface area (Å²) in [5, 5.41) is 21.1. The number of thioether (sulfide) groups is 1. The van der Waals surface area contributed by atoms with Crippen LogP contribution in [0.2, 0.25) is 0 Å². The van der Waals surface area contributed by atoms with Crippen LogP contribution in [0.4, 0.5) is 0 Å². The van der Waals surface area contributed by atoms with Gasteiger partial charge in [0.05, 0.1) is 12.6 Å². The minimum atomic E-state index is -1.64. The van der Waals surface area contributed by atoms with Crippen LogP contribution in [0, 0.1) is 5.92 Å². The van der Waals surface area contributed by atoms with Crippen LogP contribution in [-0.4, -0.2) is 198 Å². The molecular weight excluding hydrogens is 1250 g/mol. The second-order valence-electron chi connectivity index (χ2n) is 24.1. The molecule has 2 heterocycles. The molecule has 2 aromatic carbocycles. The molecule has 31 nitrogen and oxygen atoms in total. The molecule has 32 heteroatoms. The molecule has 0 spiro atoms. The highest BCUT2D eigenvalue weighted by Gasteiger charge is 2.42. The highest BCUT2D eigenvalue weighted by molar-refractivity contribution is 7.98. The van der Waals surface area contributed by atoms with Gasteiger partial charge < -0.3 is 92.5 Å². The molecular formula is C63H98N18O13S. The molecule has 524 valence electrons. The number of nitrogens with one attached hydrogen (secondary N) is 8. The Bertz CT molecular complexity index is 2960. The Morgan fingerprint density at radius 2 is 1.01 bits per heavy atom. The fourth-order valence-electron chi connectivity index (χ4n) is 11.0. The molecule has 10 atom stereocenters. The molecule has 0 unspecified atom stereocenters. The van der Waals surface area contributed by atoms with E-state index in [1.54, 1.807) is 60.7 Å². The number of hydrogen-bond acceptors (Lipinski definition) is 17. The number of nitrogens with two attached hydrogens (primary N) is 7. The smallest absolute Gasteiger partial charge is 0.245 e. The van der Waals surface area contributed by atoms with Gasteiger partial charge in [0.15, 0.2) is 5.96 Å². The van der Waals surface area contributed by atoms with Crippen molar-refractivity contribution in [2.24, 2.45) is 51.0 Å². The summed E-state index contributed by atoms with van der Waals surface area (Å²) >= 11 is 1.45. The maximum atomic E-state index is 14.7. The largest absolute Gasteiger partial charge is 0.370 e. The van der Waals surface area contributed by atoms with Crippen molar-refractivity contribution in [3.05, 3.63) is 71.8 Å². The van der Waals surface area contributed by atoms with Gasteiger partial charge >= 0.3 is 0 Å². The van der Waals surface area contributed by atoms with E-state index >= 15 is 0 Å². The number of nitrogens with zero attached hydrogens (tertiary/aromatic N) is 3. The summed E-state index contributed by atoms with van der Waals surface area (Å²) < 4.78 is 0. The third-order valence-corrected chi connectivity index (χ3v) is 16.7. The summed E-state index contributed by atoms with van der Waals surface area (Å²) in [5.41, 5.74) is 40.6. The summed E-state index contributed by atoms with van der Waals surface area (Å²) in [6, 6.07) is 4.51. The molecule has 0 saturated carbocycles. The van der Waals surface area contributed by atoms with Crippen LogP contribution in [0.15, 0.2) is 65.7 Å². The number of benzene rings is 2. The Kier molecular flexibility index (Phi) is 33.9. The minimum absolute atomic E-state index is 0.0736. The van der Waals surface area contributed by atoms with Crippen LogP contribution in [-0.2, 0) is 75.2 Å². The Morgan fingerprint density at radius 3 is 1.51 bits per heavy atom. The quantitative estimate of drug-likeness (QED) is 0.0173. The van der Waals surface area contributed by atoms with Crippen molar-refractivity contribution in [3.63, 3.8) is 0 Å². The van der Waals surface area contributed by atoms with Crippen molar-refractivity contribution >= 4 is 94.5 Å². The molecule has 0 aromatic heterocycles. The van der Waals surface area contributed by atoms with E-state index in [1.807, 2.05) is 20.1 Å². The summed E-state index contributed by atoms with van der Waals surface area (Å²) in [4.78, 5) is 185. The normalized spacial score (nSPS) is 16.8. The highest BCUT2D eigenvalue weighted by Crippen LogP contribution is 2.24. The van der Waals surface area contributed by atoms with Crippen molar-refractivity contribution in [2.75, 3.05) is 44.7 Å². The van der Waals surface area contributed by atoms with E-state index < -0.39 is 169 Å². The first-order valence-corrected chi connectivity index (χ1v) is 33.6. The molecule has 2 saturated heterocycles. The summed E-state index contributed by atoms with van der Waals surface area (Å²) in [5.74, 6) is -9.80. The average molecular weight is 1350 g/mol. The zero-order valence-electron chi connectivity index (χ0n) is 54.5. The van der Waals surface area contributed by atoms with Crippen molar-refractivity contribution in [1.29, 1.82) is 0 Å². The van der Waals surface area contributed by atoms with E-state index in [2.05, 4.69) is 47.5 Å². The van der Waals surface area contributed by atoms with E-state index in [4.69, 9.17) is 40.1 Å². The second-order valence-corrected chi connectivity index (χ2v) is 25.1. The van der Waals surface area contributed by atoms with Crippen LogP contribution >= 0.6 is 11.8 Å². The highest BCUT2D eigenvalue weighted by atomic mass is 32.2. The molecule has 95 heavy (non-hydrogen) atoms. The lowest BCUT2D eigenvalue weighted by Gasteiger charge is -2.32. The Balaban J connectivity index is 1.56. The maximum Gasteiger partial charge on any atom is 0.245 e. The van der Waals surface area contributed by atoms with Crippen LogP contribution in [0.5, 0.6) is 0 Å². The molecule has 13 amide bonds. The van der Waals surface area contributed by atoms with Crippen molar-refractivity contribution in [2.45, 2.75) is 183 Å². The van der Waals surface area contributed by atoms with E-state index in [0.717, 1.165) is 0 Å². The zero-order valence-corrected chi connectivity index (χ0v) is 55.3. The molecule has 0 radical (unpaired) electrons. The number of likely N-dealkylation sites (tertiary alicyclic amines) is 2. The number of guanidine groups is 1. The second kappa shape index (κ2) is 41.0. The Morgan fingerprint density at radius 1 is 0.537 bits per heavy atom. The molecule has 2 fully saturated rings. The first-order valence-electron chi connectivity index (χ1n) is 32.2. The van der Waals surface area contributed by atoms with Crippen molar-refractivity contribution in [3.8, 4) is 0 Å². The number of amides is 13. The lowest BCUT2D eigenvalue weighted by atomic mass is 10.0. The van der Waals surface area contributed by atoms with Gasteiger partial charge in [0.1, 0.15) is 54.4 Å². The van der Waals surface area contributed by atoms with Crippen molar-refractivity contribution < 1.29 is 62.3 Å². The van der Waals surface area contributed by atoms with Crippen LogP contribution in [0.25, 0.3) is 0 Å². The molecule has 2 aliphatic heterocycles. The molecule has 22 N–H and O–H groups in total. The van der Waals surface area contributed by atoms with Gasteiger partial charge in [-0.1, -0.05) is 74.5 Å². The van der Waals surface area contributed by atoms with Gasteiger partial charge in [-0.15, -0.1) is 0 Å². The molecule has 4 rings (SSSR count). The first kappa shape index (κ1) is 78.5. The number of carbonyl (C=O) groups is 13. The predicted octanol–water partition coefficient (Wildman–Crippen LogP) is -3.71. The minimum Gasteiger partial charge on any atom is -0.370 e. The lowest BCUT2D eigenvalue weighted by Crippen LogP contribution is -2.60. The monoisotopic (exact) mass is 1350 g/mol. The maximum absolute atomic E-state index is 14.7. The number of carbonyl (C=O) groups excluding carboxylic acids is 13. The Labute approximate surface area is 558 Å². The molecule has 0 aliphatic carbocycles. The fourth-order valence-corrected chi connectivity index (χ4v) is 11.5. The zero-order chi connectivity index (χ0) is 70.1. The summed E-state index contributed by atoms with van der Waals surface area (Å²) in [6.07, 6.45) is 3.12. The van der Waals surface area contributed by atoms with Crippen LogP contribution < -0.4 is 82.7 Å². The van der Waals surface area contributed by atoms with Gasteiger partial charge in [-0.2, -0.15) is 11.8 Å². The van der Waals surface area contributed by atoms with Gasteiger partial charge in [0.2, 0.25) is 76.8 Å². The van der Waals surface area contributed by atoms with Crippen LogP contribution in [0.3, 0.4) is 0 Å². The number of unbranched alkanes of at least 4 members (excludes halogenated alkanes) is 1. The van der Waals surface area contributed by atoms with E-state index in [0.29, 0.717) is 55.4 Å². The van der Waals surface area contributed by atoms with Gasteiger partial charge in [-0.25, -0.2) is 0 Å². The average Bonchev–Trinajstić information content (AvgIpc) is 1.74. The van der Waals surface area contributed by atoms with Gasteiger partial charge in [0.25, 0.3) is 0 Å². The molecule has 2 aromatic rings. The van der Waals surface area contributed by atoms with E-state index in [1.165, 1.54) is 21.6 Å². The molecule has 2 aliphatic rings. The Hall–Kier alpha value is -8.91. The van der Waals surface area contributed by atoms with E-state index in [-0.39, 0.29) is 83.0 Å². The third kappa shape index (κ3) is 27.5. The summed E-state index contributed by atoms with van der Waals surface area (Å²) in [6.45, 7) is 3.86. The SMILES string of the molecule is CSCC[C@H](NC(=O)[C@@H](CC(C)C)NC(=O)CNC(=O)[C@@H](Cc1ccccc1)NC(=O)[C@H](Cc1ccccc1)NC(=O)[C@@H](CCC(N)=O)NC(=O)[C@@H](CCC(N)=O)NC(=O)[C@@H]1CCCN1C(=O)[C@@H](CCCCN)NC(=O)[C@@H]1CCCN1C(=O)[C@@H](N)CCCN=C(N)N)C(N)=O. The van der Waals surface area contributed by atoms with E-state index in [9.17, 15) is 62.3 Å². The van der Waals surface area contributed by atoms with Crippen LogP contribution in [0.1, 0.15) is 121 Å². The lowest BCUT2D eigenvalue weighted by molar-refractivity contribution is -0.144. The third-order valence-electron chi connectivity index (χ3n) is 16.0. The number of hydrogen-bond donors (Lipinski definition) is 15. The van der Waals surface area contributed by atoms with Gasteiger partial charge in [0, 0.05) is 45.3 Å². The number of rotatable bonds is 42.